The summed E-state index contributed by atoms with van der Waals surface area (Å²) in [4.78, 5) is 16.2. The molecule has 2 heterocycles. The minimum atomic E-state index is -3.06. The molecule has 114 valence electrons. The van der Waals surface area contributed by atoms with E-state index >= 15 is 0 Å². The van der Waals surface area contributed by atoms with Gasteiger partial charge in [0, 0.05) is 12.1 Å². The summed E-state index contributed by atoms with van der Waals surface area (Å²) in [7, 11) is -3.06. The number of hydrogen-bond donors (Lipinski definition) is 1. The fourth-order valence-electron chi connectivity index (χ4n) is 1.97. The Morgan fingerprint density at radius 3 is 2.95 bits per heavy atom. The summed E-state index contributed by atoms with van der Waals surface area (Å²) >= 11 is 5.95. The summed E-state index contributed by atoms with van der Waals surface area (Å²) < 4.78 is 28.0. The highest BCUT2D eigenvalue weighted by molar-refractivity contribution is 7.91. The summed E-state index contributed by atoms with van der Waals surface area (Å²) in [5, 5.41) is 2.81. The number of hydrogen-bond acceptors (Lipinski definition) is 5. The zero-order valence-corrected chi connectivity index (χ0v) is 12.8. The first kappa shape index (κ1) is 15.8. The molecule has 1 amide bonds. The van der Waals surface area contributed by atoms with Gasteiger partial charge in [-0.25, -0.2) is 13.4 Å². The Morgan fingerprint density at radius 2 is 2.33 bits per heavy atom. The van der Waals surface area contributed by atoms with Crippen LogP contribution in [0.2, 0.25) is 5.02 Å². The number of rotatable bonds is 5. The van der Waals surface area contributed by atoms with Crippen LogP contribution in [0.5, 0.6) is 5.88 Å². The lowest BCUT2D eigenvalue weighted by atomic mass is 10.2. The molecule has 1 aliphatic heterocycles. The minimum Gasteiger partial charge on any atom is -0.473 e. The molecule has 1 fully saturated rings. The highest BCUT2D eigenvalue weighted by Gasteiger charge is 2.29. The number of amides is 1. The number of nitrogens with one attached hydrogen (secondary N) is 1. The quantitative estimate of drug-likeness (QED) is 0.820. The van der Waals surface area contributed by atoms with Crippen LogP contribution in [0.4, 0.5) is 0 Å². The lowest BCUT2D eigenvalue weighted by Gasteiger charge is -2.12. The van der Waals surface area contributed by atoms with Crippen molar-refractivity contribution in [2.75, 3.05) is 18.1 Å². The number of carbonyl (C=O) groups excluding carboxylic acids is 1. The Balaban J connectivity index is 2.09. The molecule has 1 aromatic rings. The third-order valence-corrected chi connectivity index (χ3v) is 5.03. The Kier molecular flexibility index (Phi) is 4.84. The molecule has 1 aliphatic rings. The molecule has 0 saturated carbocycles. The van der Waals surface area contributed by atoms with Crippen molar-refractivity contribution in [3.05, 3.63) is 35.5 Å². The highest BCUT2D eigenvalue weighted by atomic mass is 35.5. The summed E-state index contributed by atoms with van der Waals surface area (Å²) in [6, 6.07) is 2.65. The van der Waals surface area contributed by atoms with Crippen molar-refractivity contribution < 1.29 is 17.9 Å². The first-order chi connectivity index (χ1) is 9.91. The molecule has 0 radical (unpaired) electrons. The van der Waals surface area contributed by atoms with Gasteiger partial charge < -0.3 is 10.1 Å². The van der Waals surface area contributed by atoms with E-state index in [1.54, 1.807) is 12.1 Å². The zero-order valence-electron chi connectivity index (χ0n) is 11.2. The van der Waals surface area contributed by atoms with Crippen molar-refractivity contribution in [1.82, 2.24) is 10.3 Å². The molecule has 1 atom stereocenters. The van der Waals surface area contributed by atoms with E-state index in [1.807, 2.05) is 0 Å². The van der Waals surface area contributed by atoms with Crippen LogP contribution in [-0.4, -0.2) is 43.5 Å². The topological polar surface area (TPSA) is 85.4 Å². The highest BCUT2D eigenvalue weighted by Crippen LogP contribution is 2.19. The van der Waals surface area contributed by atoms with E-state index in [0.29, 0.717) is 6.42 Å². The molecule has 0 bridgehead atoms. The van der Waals surface area contributed by atoms with E-state index in [0.717, 1.165) is 0 Å². The number of halogens is 1. The fourth-order valence-corrected chi connectivity index (χ4v) is 3.84. The van der Waals surface area contributed by atoms with Crippen LogP contribution in [0, 0.1) is 0 Å². The van der Waals surface area contributed by atoms with Gasteiger partial charge in [-0.2, -0.15) is 0 Å². The summed E-state index contributed by atoms with van der Waals surface area (Å²) in [6.07, 6.45) is 1.96. The second-order valence-corrected chi connectivity index (χ2v) is 7.29. The van der Waals surface area contributed by atoms with Crippen LogP contribution in [0.1, 0.15) is 16.9 Å². The van der Waals surface area contributed by atoms with Crippen LogP contribution in [0.25, 0.3) is 0 Å². The Morgan fingerprint density at radius 1 is 1.57 bits per heavy atom. The number of carbonyl (C=O) groups is 1. The van der Waals surface area contributed by atoms with Gasteiger partial charge in [-0.1, -0.05) is 24.3 Å². The van der Waals surface area contributed by atoms with Crippen molar-refractivity contribution in [3.63, 3.8) is 0 Å². The standard InChI is InChI=1S/C13H15ClN2O4S/c1-2-6-20-11-4-3-10(14)12(16-11)13(17)15-9-5-7-21(18,19)8-9/h2-4,9H,1,5-8H2,(H,15,17)/t9-/m0/s1. The van der Waals surface area contributed by atoms with Crippen LogP contribution in [0.3, 0.4) is 0 Å². The average Bonchev–Trinajstić information content (AvgIpc) is 2.76. The average molecular weight is 331 g/mol. The smallest absolute Gasteiger partial charge is 0.271 e. The molecular formula is C13H15ClN2O4S. The third-order valence-electron chi connectivity index (χ3n) is 2.95. The van der Waals surface area contributed by atoms with Gasteiger partial charge in [-0.3, -0.25) is 4.79 Å². The second-order valence-electron chi connectivity index (χ2n) is 4.65. The van der Waals surface area contributed by atoms with Crippen LogP contribution >= 0.6 is 11.6 Å². The van der Waals surface area contributed by atoms with Gasteiger partial charge in [0.15, 0.2) is 15.5 Å². The maximum Gasteiger partial charge on any atom is 0.271 e. The van der Waals surface area contributed by atoms with E-state index in [-0.39, 0.29) is 34.7 Å². The SMILES string of the molecule is C=CCOc1ccc(Cl)c(C(=O)N[C@H]2CCS(=O)(=O)C2)n1. The molecular weight excluding hydrogens is 316 g/mol. The monoisotopic (exact) mass is 330 g/mol. The van der Waals surface area contributed by atoms with E-state index in [2.05, 4.69) is 16.9 Å². The second kappa shape index (κ2) is 6.44. The number of sulfone groups is 1. The maximum absolute atomic E-state index is 12.1. The van der Waals surface area contributed by atoms with Crippen molar-refractivity contribution >= 4 is 27.3 Å². The van der Waals surface area contributed by atoms with Crippen molar-refractivity contribution in [2.45, 2.75) is 12.5 Å². The lowest BCUT2D eigenvalue weighted by molar-refractivity contribution is 0.0935. The number of ether oxygens (including phenoxy) is 1. The molecule has 1 N–H and O–H groups in total. The first-order valence-corrected chi connectivity index (χ1v) is 8.53. The van der Waals surface area contributed by atoms with Crippen molar-refractivity contribution in [2.24, 2.45) is 0 Å². The normalized spacial score (nSPS) is 20.0. The summed E-state index contributed by atoms with van der Waals surface area (Å²) in [5.41, 5.74) is 0.0162. The Hall–Kier alpha value is -1.60. The minimum absolute atomic E-state index is 0.0162. The number of nitrogens with zero attached hydrogens (tertiary/aromatic N) is 1. The Bertz CT molecular complexity index is 660. The van der Waals surface area contributed by atoms with Crippen LogP contribution in [0.15, 0.2) is 24.8 Å². The Labute approximate surface area is 128 Å². The molecule has 6 nitrogen and oxygen atoms in total. The van der Waals surface area contributed by atoms with Gasteiger partial charge in [0.2, 0.25) is 5.88 Å². The largest absolute Gasteiger partial charge is 0.473 e. The molecule has 0 unspecified atom stereocenters. The van der Waals surface area contributed by atoms with Gasteiger partial charge in [-0.05, 0) is 12.5 Å². The molecule has 1 saturated heterocycles. The van der Waals surface area contributed by atoms with Gasteiger partial charge in [-0.15, -0.1) is 0 Å². The molecule has 0 aliphatic carbocycles. The van der Waals surface area contributed by atoms with E-state index in [4.69, 9.17) is 16.3 Å². The molecule has 0 spiro atoms. The number of pyridine rings is 1. The van der Waals surface area contributed by atoms with E-state index in [9.17, 15) is 13.2 Å². The summed E-state index contributed by atoms with van der Waals surface area (Å²) in [6.45, 7) is 3.78. The lowest BCUT2D eigenvalue weighted by Crippen LogP contribution is -2.36. The van der Waals surface area contributed by atoms with Gasteiger partial charge in [0.05, 0.1) is 16.5 Å². The molecule has 21 heavy (non-hydrogen) atoms. The molecule has 1 aromatic heterocycles. The van der Waals surface area contributed by atoms with Gasteiger partial charge in [0.25, 0.3) is 5.91 Å². The van der Waals surface area contributed by atoms with E-state index < -0.39 is 21.8 Å². The first-order valence-electron chi connectivity index (χ1n) is 6.33. The van der Waals surface area contributed by atoms with Gasteiger partial charge in [0.1, 0.15) is 6.61 Å². The maximum atomic E-state index is 12.1. The van der Waals surface area contributed by atoms with E-state index in [1.165, 1.54) is 6.07 Å². The number of aromatic nitrogens is 1. The zero-order chi connectivity index (χ0) is 15.5. The predicted molar refractivity (Wildman–Crippen MR) is 79.5 cm³/mol. The third kappa shape index (κ3) is 4.18. The summed E-state index contributed by atoms with van der Waals surface area (Å²) in [5.74, 6) is -0.223. The van der Waals surface area contributed by atoms with Crippen molar-refractivity contribution in [3.8, 4) is 5.88 Å². The van der Waals surface area contributed by atoms with Crippen LogP contribution in [-0.2, 0) is 9.84 Å². The molecule has 8 heteroatoms. The molecule has 2 rings (SSSR count). The van der Waals surface area contributed by atoms with Gasteiger partial charge >= 0.3 is 0 Å². The van der Waals surface area contributed by atoms with Crippen LogP contribution < -0.4 is 10.1 Å². The van der Waals surface area contributed by atoms with Crippen molar-refractivity contribution in [1.29, 1.82) is 0 Å². The fraction of sp³-hybridized carbons (Fsp3) is 0.385. The molecule has 0 aromatic carbocycles. The predicted octanol–water partition coefficient (Wildman–Crippen LogP) is 1.22.